The van der Waals surface area contributed by atoms with Gasteiger partial charge in [-0.15, -0.1) is 0 Å². The van der Waals surface area contributed by atoms with Crippen LogP contribution in [-0.2, 0) is 4.79 Å². The molecule has 4 nitrogen and oxygen atoms in total. The number of nitrogens with one attached hydrogen (secondary N) is 1. The number of hydrogen-bond acceptors (Lipinski definition) is 3. The minimum atomic E-state index is -0.894. The van der Waals surface area contributed by atoms with Gasteiger partial charge in [-0.25, -0.2) is 0 Å². The highest BCUT2D eigenvalue weighted by Gasteiger charge is 2.19. The van der Waals surface area contributed by atoms with E-state index in [1.54, 1.807) is 0 Å². The predicted octanol–water partition coefficient (Wildman–Crippen LogP) is 2.13. The summed E-state index contributed by atoms with van der Waals surface area (Å²) in [5.74, 6) is -0.152. The number of aliphatic carboxylic acids is 1. The van der Waals surface area contributed by atoms with Gasteiger partial charge in [-0.1, -0.05) is 26.0 Å². The van der Waals surface area contributed by atoms with Gasteiger partial charge in [0.25, 0.3) is 0 Å². The number of carboxylic acids is 1. The molecule has 0 bridgehead atoms. The standard InChI is InChI=1S/C14H21NO3/c1-9(2)15-12(14(16)17)8-18-13-7-5-6-10(3)11(13)4/h5-7,9,12,15H,8H2,1-4H3,(H,16,17). The lowest BCUT2D eigenvalue weighted by Crippen LogP contribution is -2.44. The van der Waals surface area contributed by atoms with E-state index in [9.17, 15) is 4.79 Å². The molecule has 0 aliphatic carbocycles. The molecule has 0 aliphatic rings. The third-order valence-corrected chi connectivity index (χ3v) is 2.79. The summed E-state index contributed by atoms with van der Waals surface area (Å²) >= 11 is 0. The average molecular weight is 251 g/mol. The van der Waals surface area contributed by atoms with E-state index in [0.717, 1.165) is 16.9 Å². The Hall–Kier alpha value is -1.55. The molecular weight excluding hydrogens is 230 g/mol. The van der Waals surface area contributed by atoms with Crippen LogP contribution in [0.25, 0.3) is 0 Å². The highest BCUT2D eigenvalue weighted by Crippen LogP contribution is 2.20. The Morgan fingerprint density at radius 3 is 2.61 bits per heavy atom. The molecule has 1 unspecified atom stereocenters. The van der Waals surface area contributed by atoms with Crippen molar-refractivity contribution in [1.82, 2.24) is 5.32 Å². The summed E-state index contributed by atoms with van der Waals surface area (Å²) in [6.45, 7) is 7.92. The number of carbonyl (C=O) groups is 1. The fourth-order valence-electron chi connectivity index (χ4n) is 1.65. The number of ether oxygens (including phenoxy) is 1. The van der Waals surface area contributed by atoms with Crippen LogP contribution in [0.2, 0.25) is 0 Å². The Morgan fingerprint density at radius 2 is 2.06 bits per heavy atom. The summed E-state index contributed by atoms with van der Waals surface area (Å²) in [4.78, 5) is 11.1. The molecular formula is C14H21NO3. The van der Waals surface area contributed by atoms with Gasteiger partial charge >= 0.3 is 5.97 Å². The molecule has 0 radical (unpaired) electrons. The van der Waals surface area contributed by atoms with Gasteiger partial charge in [0.1, 0.15) is 18.4 Å². The maximum absolute atomic E-state index is 11.1. The largest absolute Gasteiger partial charge is 0.491 e. The summed E-state index contributed by atoms with van der Waals surface area (Å²) in [5.41, 5.74) is 2.18. The van der Waals surface area contributed by atoms with Crippen LogP contribution in [-0.4, -0.2) is 29.8 Å². The summed E-state index contributed by atoms with van der Waals surface area (Å²) in [5, 5.41) is 12.0. The van der Waals surface area contributed by atoms with Gasteiger partial charge in [0.15, 0.2) is 0 Å². The lowest BCUT2D eigenvalue weighted by molar-refractivity contribution is -0.140. The van der Waals surface area contributed by atoms with Crippen molar-refractivity contribution < 1.29 is 14.6 Å². The van der Waals surface area contributed by atoms with Crippen LogP contribution < -0.4 is 10.1 Å². The van der Waals surface area contributed by atoms with Gasteiger partial charge in [-0.3, -0.25) is 10.1 Å². The molecule has 100 valence electrons. The van der Waals surface area contributed by atoms with Crippen LogP contribution >= 0.6 is 0 Å². The van der Waals surface area contributed by atoms with Crippen molar-refractivity contribution in [3.8, 4) is 5.75 Å². The molecule has 0 saturated carbocycles. The zero-order valence-electron chi connectivity index (χ0n) is 11.4. The zero-order valence-corrected chi connectivity index (χ0v) is 11.4. The minimum Gasteiger partial charge on any atom is -0.491 e. The van der Waals surface area contributed by atoms with Crippen LogP contribution in [0.4, 0.5) is 0 Å². The van der Waals surface area contributed by atoms with E-state index < -0.39 is 12.0 Å². The molecule has 1 atom stereocenters. The fraction of sp³-hybridized carbons (Fsp3) is 0.500. The molecule has 0 aromatic heterocycles. The van der Waals surface area contributed by atoms with Gasteiger partial charge in [0.05, 0.1) is 0 Å². The molecule has 1 aromatic rings. The van der Waals surface area contributed by atoms with Gasteiger partial charge in [-0.2, -0.15) is 0 Å². The van der Waals surface area contributed by atoms with E-state index >= 15 is 0 Å². The van der Waals surface area contributed by atoms with Crippen molar-refractivity contribution in [1.29, 1.82) is 0 Å². The highest BCUT2D eigenvalue weighted by molar-refractivity contribution is 5.73. The van der Waals surface area contributed by atoms with E-state index in [-0.39, 0.29) is 12.6 Å². The molecule has 1 rings (SSSR count). The van der Waals surface area contributed by atoms with Gasteiger partial charge < -0.3 is 9.84 Å². The van der Waals surface area contributed by atoms with Crippen LogP contribution in [0.3, 0.4) is 0 Å². The Bertz CT molecular complexity index is 416. The molecule has 0 saturated heterocycles. The van der Waals surface area contributed by atoms with Crippen molar-refractivity contribution in [3.63, 3.8) is 0 Å². The molecule has 0 amide bonds. The molecule has 0 heterocycles. The number of carboxylic acid groups (broad SMARTS) is 1. The number of hydrogen-bond donors (Lipinski definition) is 2. The lowest BCUT2D eigenvalue weighted by atomic mass is 10.1. The molecule has 4 heteroatoms. The summed E-state index contributed by atoms with van der Waals surface area (Å²) in [7, 11) is 0. The third-order valence-electron chi connectivity index (χ3n) is 2.79. The molecule has 18 heavy (non-hydrogen) atoms. The third kappa shape index (κ3) is 4.04. The first-order chi connectivity index (χ1) is 8.41. The van der Waals surface area contributed by atoms with E-state index in [4.69, 9.17) is 9.84 Å². The first-order valence-electron chi connectivity index (χ1n) is 6.09. The summed E-state index contributed by atoms with van der Waals surface area (Å²) in [6, 6.07) is 5.18. The summed E-state index contributed by atoms with van der Waals surface area (Å²) in [6.07, 6.45) is 0. The van der Waals surface area contributed by atoms with Gasteiger partial charge in [0.2, 0.25) is 0 Å². The fourth-order valence-corrected chi connectivity index (χ4v) is 1.65. The van der Waals surface area contributed by atoms with Crippen molar-refractivity contribution in [2.24, 2.45) is 0 Å². The van der Waals surface area contributed by atoms with Crippen molar-refractivity contribution in [3.05, 3.63) is 29.3 Å². The first-order valence-corrected chi connectivity index (χ1v) is 6.09. The Labute approximate surface area is 108 Å². The normalized spacial score (nSPS) is 12.5. The second kappa shape index (κ2) is 6.40. The second-order valence-corrected chi connectivity index (χ2v) is 4.72. The summed E-state index contributed by atoms with van der Waals surface area (Å²) < 4.78 is 5.60. The van der Waals surface area contributed by atoms with E-state index in [1.807, 2.05) is 45.9 Å². The minimum absolute atomic E-state index is 0.105. The Balaban J connectivity index is 2.67. The monoisotopic (exact) mass is 251 g/mol. The maximum Gasteiger partial charge on any atom is 0.324 e. The van der Waals surface area contributed by atoms with Crippen LogP contribution in [0, 0.1) is 13.8 Å². The number of benzene rings is 1. The zero-order chi connectivity index (χ0) is 13.7. The van der Waals surface area contributed by atoms with Crippen LogP contribution in [0.15, 0.2) is 18.2 Å². The molecule has 0 spiro atoms. The molecule has 1 aromatic carbocycles. The van der Waals surface area contributed by atoms with E-state index in [2.05, 4.69) is 5.32 Å². The van der Waals surface area contributed by atoms with Gasteiger partial charge in [0, 0.05) is 6.04 Å². The first kappa shape index (κ1) is 14.5. The quantitative estimate of drug-likeness (QED) is 0.813. The molecule has 0 aliphatic heterocycles. The SMILES string of the molecule is Cc1cccc(OCC(NC(C)C)C(=O)O)c1C. The van der Waals surface area contributed by atoms with Gasteiger partial charge in [-0.05, 0) is 31.0 Å². The predicted molar refractivity (Wildman–Crippen MR) is 71.1 cm³/mol. The highest BCUT2D eigenvalue weighted by atomic mass is 16.5. The molecule has 2 N–H and O–H groups in total. The van der Waals surface area contributed by atoms with Crippen molar-refractivity contribution in [2.45, 2.75) is 39.8 Å². The van der Waals surface area contributed by atoms with Crippen molar-refractivity contribution >= 4 is 5.97 Å². The van der Waals surface area contributed by atoms with Crippen LogP contribution in [0.5, 0.6) is 5.75 Å². The number of aryl methyl sites for hydroxylation is 1. The Morgan fingerprint density at radius 1 is 1.39 bits per heavy atom. The topological polar surface area (TPSA) is 58.6 Å². The second-order valence-electron chi connectivity index (χ2n) is 4.72. The average Bonchev–Trinajstić information content (AvgIpc) is 2.28. The maximum atomic E-state index is 11.1. The Kier molecular flexibility index (Phi) is 5.16. The van der Waals surface area contributed by atoms with E-state index in [1.165, 1.54) is 0 Å². The van der Waals surface area contributed by atoms with Crippen molar-refractivity contribution in [2.75, 3.05) is 6.61 Å². The van der Waals surface area contributed by atoms with Crippen LogP contribution in [0.1, 0.15) is 25.0 Å². The lowest BCUT2D eigenvalue weighted by Gasteiger charge is -2.19. The smallest absolute Gasteiger partial charge is 0.324 e. The number of rotatable bonds is 6. The molecule has 0 fully saturated rings. The van der Waals surface area contributed by atoms with E-state index in [0.29, 0.717) is 0 Å².